The number of nitrogens with one attached hydrogen (secondary N) is 2. The minimum Gasteiger partial charge on any atom is -0.479 e. The van der Waals surface area contributed by atoms with Crippen LogP contribution < -0.4 is 10.8 Å². The molecule has 0 atom stereocenters. The Morgan fingerprint density at radius 1 is 1.25 bits per heavy atom. The summed E-state index contributed by atoms with van der Waals surface area (Å²) in [5.74, 6) is -1.58. The molecule has 6 heteroatoms. The van der Waals surface area contributed by atoms with Crippen LogP contribution in [0.25, 0.3) is 0 Å². The first-order valence-electron chi connectivity index (χ1n) is 4.60. The highest BCUT2D eigenvalue weighted by Gasteiger charge is 2.02. The Hall–Kier alpha value is -2.08. The molecule has 6 nitrogen and oxygen atoms in total. The minimum absolute atomic E-state index is 0.0175. The Morgan fingerprint density at radius 2 is 1.94 bits per heavy atom. The summed E-state index contributed by atoms with van der Waals surface area (Å²) in [4.78, 5) is 25.6. The van der Waals surface area contributed by atoms with Crippen LogP contribution >= 0.6 is 0 Å². The van der Waals surface area contributed by atoms with E-state index in [1.807, 2.05) is 35.8 Å². The summed E-state index contributed by atoms with van der Waals surface area (Å²) in [6, 6.07) is 9.15. The summed E-state index contributed by atoms with van der Waals surface area (Å²) in [5, 5.41) is 11.1. The molecule has 3 N–H and O–H groups in total. The Morgan fingerprint density at radius 3 is 2.56 bits per heavy atom. The Bertz CT molecular complexity index is 353. The van der Waals surface area contributed by atoms with E-state index in [-0.39, 0.29) is 6.54 Å². The molecular weight excluding hydrogens is 212 g/mol. The number of carboxylic acids is 1. The molecule has 86 valence electrons. The van der Waals surface area contributed by atoms with Gasteiger partial charge >= 0.3 is 5.97 Å². The van der Waals surface area contributed by atoms with E-state index in [4.69, 9.17) is 5.11 Å². The number of hydrogen-bond donors (Lipinski definition) is 3. The van der Waals surface area contributed by atoms with Crippen molar-refractivity contribution in [3.8, 4) is 0 Å². The number of carbonyl (C=O) groups excluding carboxylic acids is 1. The Kier molecular flexibility index (Phi) is 4.81. The number of hydrogen-bond acceptors (Lipinski definition) is 4. The summed E-state index contributed by atoms with van der Waals surface area (Å²) in [6.07, 6.45) is 0. The molecule has 1 aromatic carbocycles. The van der Waals surface area contributed by atoms with Gasteiger partial charge < -0.3 is 10.4 Å². The van der Waals surface area contributed by atoms with E-state index >= 15 is 0 Å². The van der Waals surface area contributed by atoms with E-state index in [1.165, 1.54) is 0 Å². The van der Waals surface area contributed by atoms with Gasteiger partial charge in [-0.1, -0.05) is 18.2 Å². The zero-order valence-electron chi connectivity index (χ0n) is 8.47. The number of hydroxylamine groups is 1. The van der Waals surface area contributed by atoms with Crippen LogP contribution in [-0.4, -0.2) is 30.1 Å². The molecule has 0 aliphatic carbocycles. The molecule has 0 fully saturated rings. The quantitative estimate of drug-likeness (QED) is 0.602. The maximum atomic E-state index is 11.1. The van der Waals surface area contributed by atoms with Crippen LogP contribution in [0.15, 0.2) is 30.3 Å². The average Bonchev–Trinajstić information content (AvgIpc) is 2.27. The number of carboxylic acid groups (broad SMARTS) is 1. The zero-order valence-corrected chi connectivity index (χ0v) is 8.47. The van der Waals surface area contributed by atoms with Crippen molar-refractivity contribution in [3.05, 3.63) is 30.3 Å². The van der Waals surface area contributed by atoms with E-state index in [2.05, 4.69) is 10.2 Å². The van der Waals surface area contributed by atoms with Crippen molar-refractivity contribution in [2.24, 2.45) is 0 Å². The Labute approximate surface area is 92.2 Å². The minimum atomic E-state index is -1.14. The second-order valence-corrected chi connectivity index (χ2v) is 2.93. The molecular formula is C10H12N2O4. The van der Waals surface area contributed by atoms with Crippen LogP contribution in [-0.2, 0) is 14.4 Å². The fourth-order valence-corrected chi connectivity index (χ4v) is 0.953. The van der Waals surface area contributed by atoms with Crippen LogP contribution in [0.3, 0.4) is 0 Å². The average molecular weight is 224 g/mol. The highest BCUT2D eigenvalue weighted by atomic mass is 16.7. The van der Waals surface area contributed by atoms with Gasteiger partial charge in [0, 0.05) is 5.69 Å². The summed E-state index contributed by atoms with van der Waals surface area (Å²) < 4.78 is 0. The molecule has 1 amide bonds. The lowest BCUT2D eigenvalue weighted by Gasteiger charge is -2.06. The lowest BCUT2D eigenvalue weighted by Crippen LogP contribution is -2.31. The lowest BCUT2D eigenvalue weighted by atomic mass is 10.3. The number of amides is 1. The number of aliphatic carboxylic acids is 1. The highest BCUT2D eigenvalue weighted by molar-refractivity contribution is 5.79. The molecule has 0 aromatic heterocycles. The third kappa shape index (κ3) is 4.97. The van der Waals surface area contributed by atoms with Crippen molar-refractivity contribution >= 4 is 17.6 Å². The number of anilines is 1. The van der Waals surface area contributed by atoms with Gasteiger partial charge in [0.05, 0.1) is 6.54 Å². The Balaban J connectivity index is 2.18. The van der Waals surface area contributed by atoms with Gasteiger partial charge in [-0.3, -0.25) is 9.63 Å². The van der Waals surface area contributed by atoms with Gasteiger partial charge in [0.2, 0.25) is 0 Å². The van der Waals surface area contributed by atoms with Gasteiger partial charge in [0.25, 0.3) is 5.91 Å². The normalized spacial score (nSPS) is 9.50. The van der Waals surface area contributed by atoms with Crippen LogP contribution in [0, 0.1) is 0 Å². The van der Waals surface area contributed by atoms with E-state index in [1.54, 1.807) is 0 Å². The molecule has 0 unspecified atom stereocenters. The fraction of sp³-hybridized carbons (Fsp3) is 0.200. The van der Waals surface area contributed by atoms with Gasteiger partial charge in [0.1, 0.15) is 0 Å². The molecule has 0 radical (unpaired) electrons. The molecule has 1 aromatic rings. The molecule has 16 heavy (non-hydrogen) atoms. The maximum Gasteiger partial charge on any atom is 0.332 e. The SMILES string of the molecule is O=C(O)CONC(=O)CNc1ccccc1. The van der Waals surface area contributed by atoms with E-state index < -0.39 is 18.5 Å². The van der Waals surface area contributed by atoms with E-state index in [0.29, 0.717) is 0 Å². The van der Waals surface area contributed by atoms with Crippen molar-refractivity contribution in [3.63, 3.8) is 0 Å². The second-order valence-electron chi connectivity index (χ2n) is 2.93. The first-order chi connectivity index (χ1) is 7.68. The maximum absolute atomic E-state index is 11.1. The smallest absolute Gasteiger partial charge is 0.332 e. The molecule has 0 bridgehead atoms. The molecule has 0 saturated carbocycles. The van der Waals surface area contributed by atoms with Crippen LogP contribution in [0.5, 0.6) is 0 Å². The van der Waals surface area contributed by atoms with Crippen molar-refractivity contribution in [1.29, 1.82) is 0 Å². The lowest BCUT2D eigenvalue weighted by molar-refractivity contribution is -0.148. The van der Waals surface area contributed by atoms with Crippen molar-refractivity contribution in [2.75, 3.05) is 18.5 Å². The third-order valence-electron chi connectivity index (χ3n) is 1.61. The van der Waals surface area contributed by atoms with Crippen LogP contribution in [0.1, 0.15) is 0 Å². The summed E-state index contributed by atoms with van der Waals surface area (Å²) in [7, 11) is 0. The van der Waals surface area contributed by atoms with Gasteiger partial charge in [-0.2, -0.15) is 0 Å². The standard InChI is InChI=1S/C10H12N2O4/c13-9(12-16-7-10(14)15)6-11-8-4-2-1-3-5-8/h1-5,11H,6-7H2,(H,12,13)(H,14,15). The number of carbonyl (C=O) groups is 2. The van der Waals surface area contributed by atoms with Gasteiger partial charge in [0.15, 0.2) is 6.61 Å². The largest absolute Gasteiger partial charge is 0.479 e. The molecule has 1 rings (SSSR count). The summed E-state index contributed by atoms with van der Waals surface area (Å²) in [6.45, 7) is -0.541. The van der Waals surface area contributed by atoms with Crippen molar-refractivity contribution in [1.82, 2.24) is 5.48 Å². The predicted molar refractivity (Wildman–Crippen MR) is 56.7 cm³/mol. The van der Waals surface area contributed by atoms with Gasteiger partial charge in [-0.25, -0.2) is 10.3 Å². The second kappa shape index (κ2) is 6.41. The fourth-order valence-electron chi connectivity index (χ4n) is 0.953. The van der Waals surface area contributed by atoms with E-state index in [0.717, 1.165) is 5.69 Å². The molecule has 0 heterocycles. The van der Waals surface area contributed by atoms with Crippen LogP contribution in [0.4, 0.5) is 5.69 Å². The van der Waals surface area contributed by atoms with Crippen molar-refractivity contribution in [2.45, 2.75) is 0 Å². The zero-order chi connectivity index (χ0) is 11.8. The number of rotatable bonds is 6. The predicted octanol–water partition coefficient (Wildman–Crippen LogP) is 0.231. The monoisotopic (exact) mass is 224 g/mol. The van der Waals surface area contributed by atoms with E-state index in [9.17, 15) is 9.59 Å². The third-order valence-corrected chi connectivity index (χ3v) is 1.61. The highest BCUT2D eigenvalue weighted by Crippen LogP contribution is 2.03. The summed E-state index contributed by atoms with van der Waals surface area (Å²) >= 11 is 0. The number of para-hydroxylation sites is 1. The molecule has 0 spiro atoms. The number of benzene rings is 1. The first kappa shape index (κ1) is 12.0. The molecule has 0 aliphatic heterocycles. The first-order valence-corrected chi connectivity index (χ1v) is 4.60. The topological polar surface area (TPSA) is 87.7 Å². The summed E-state index contributed by atoms with van der Waals surface area (Å²) in [5.41, 5.74) is 2.80. The molecule has 0 saturated heterocycles. The van der Waals surface area contributed by atoms with Crippen molar-refractivity contribution < 1.29 is 19.5 Å². The van der Waals surface area contributed by atoms with Gasteiger partial charge in [-0.15, -0.1) is 0 Å². The molecule has 0 aliphatic rings. The van der Waals surface area contributed by atoms with Gasteiger partial charge in [-0.05, 0) is 12.1 Å². The van der Waals surface area contributed by atoms with Crippen LogP contribution in [0.2, 0.25) is 0 Å².